The highest BCUT2D eigenvalue weighted by molar-refractivity contribution is 5.76. The van der Waals surface area contributed by atoms with Gasteiger partial charge < -0.3 is 89.9 Å². The standard InChI is InChI=1S/C61H101NO18/c1-3-5-7-9-11-13-15-17-18-19-20-21-22-23-24-25-26-27-29-31-33-35-37-39-49(67)62-44(45(66)38-36-34-32-30-28-16-14-12-10-8-6-4-2)43-75-59-55(73)52(70)57(47(41-64)77-59)80-61-56(74)53(71)58(48(42-65)78-61)79-60-54(72)51(69)50(68)46(40-63)76-60/h5,7,11,13,17-18,20-21,23-24,26-28,30,36,38,44-48,50-61,63-66,68-74H,3-4,6,8-10,12,14-16,19,22,25,29,31-35,37,39-43H2,1-2H3,(H,62,67)/b7-5-,13-11-,18-17-,21-20-,24-23-,27-26-,30-28+,38-36+. The minimum Gasteiger partial charge on any atom is -0.394 e. The molecular weight excluding hydrogens is 1030 g/mol. The number of allylic oxidation sites excluding steroid dienone is 15. The van der Waals surface area contributed by atoms with E-state index in [0.29, 0.717) is 12.8 Å². The number of carbonyl (C=O) groups is 1. The van der Waals surface area contributed by atoms with Crippen molar-refractivity contribution < 1.29 is 89.4 Å². The number of hydrogen-bond donors (Lipinski definition) is 12. The third kappa shape index (κ3) is 27.0. The zero-order valence-electron chi connectivity index (χ0n) is 47.5. The summed E-state index contributed by atoms with van der Waals surface area (Å²) < 4.78 is 34.2. The van der Waals surface area contributed by atoms with Gasteiger partial charge in [-0.05, 0) is 83.5 Å². The van der Waals surface area contributed by atoms with Crippen LogP contribution in [-0.4, -0.2) is 193 Å². The Bertz CT molecular complexity index is 1840. The summed E-state index contributed by atoms with van der Waals surface area (Å²) in [5.74, 6) is -0.317. The lowest BCUT2D eigenvalue weighted by Crippen LogP contribution is -2.66. The fraction of sp³-hybridized carbons (Fsp3) is 0.721. The van der Waals surface area contributed by atoms with Crippen LogP contribution < -0.4 is 5.32 Å². The monoisotopic (exact) mass is 1140 g/mol. The van der Waals surface area contributed by atoms with Gasteiger partial charge in [0.1, 0.15) is 73.2 Å². The molecule has 0 aromatic carbocycles. The van der Waals surface area contributed by atoms with Crippen molar-refractivity contribution >= 4 is 5.91 Å². The topological polar surface area (TPSA) is 307 Å². The number of hydrogen-bond acceptors (Lipinski definition) is 18. The first-order valence-electron chi connectivity index (χ1n) is 29.5. The van der Waals surface area contributed by atoms with Crippen molar-refractivity contribution in [2.75, 3.05) is 26.4 Å². The molecule has 3 heterocycles. The Balaban J connectivity index is 1.50. The average Bonchev–Trinajstić information content (AvgIpc) is 3.45. The molecule has 3 rings (SSSR count). The van der Waals surface area contributed by atoms with Crippen molar-refractivity contribution in [1.29, 1.82) is 0 Å². The Morgan fingerprint density at radius 2 is 0.875 bits per heavy atom. The lowest BCUT2D eigenvalue weighted by molar-refractivity contribution is -0.379. The van der Waals surface area contributed by atoms with Crippen LogP contribution in [0.15, 0.2) is 97.2 Å². The quantitative estimate of drug-likeness (QED) is 0.0284. The van der Waals surface area contributed by atoms with Crippen LogP contribution in [0.25, 0.3) is 0 Å². The van der Waals surface area contributed by atoms with Gasteiger partial charge in [-0.1, -0.05) is 156 Å². The van der Waals surface area contributed by atoms with Gasteiger partial charge in [0, 0.05) is 6.42 Å². The van der Waals surface area contributed by atoms with Crippen LogP contribution in [0.3, 0.4) is 0 Å². The summed E-state index contributed by atoms with van der Waals surface area (Å²) in [5.41, 5.74) is 0. The molecule has 0 radical (unpaired) electrons. The highest BCUT2D eigenvalue weighted by Gasteiger charge is 2.53. The Hall–Kier alpha value is -3.29. The second-order valence-electron chi connectivity index (χ2n) is 20.7. The fourth-order valence-electron chi connectivity index (χ4n) is 9.27. The minimum atomic E-state index is -1.99. The summed E-state index contributed by atoms with van der Waals surface area (Å²) in [4.78, 5) is 13.3. The molecule has 17 unspecified atom stereocenters. The Morgan fingerprint density at radius 3 is 1.40 bits per heavy atom. The van der Waals surface area contributed by atoms with Crippen molar-refractivity contribution in [1.82, 2.24) is 5.32 Å². The number of aliphatic hydroxyl groups is 11. The maximum absolute atomic E-state index is 13.3. The van der Waals surface area contributed by atoms with Gasteiger partial charge in [-0.2, -0.15) is 0 Å². The lowest BCUT2D eigenvalue weighted by Gasteiger charge is -2.48. The predicted molar refractivity (Wildman–Crippen MR) is 304 cm³/mol. The van der Waals surface area contributed by atoms with Gasteiger partial charge in [0.2, 0.25) is 5.91 Å². The van der Waals surface area contributed by atoms with Crippen molar-refractivity contribution in [2.45, 2.75) is 253 Å². The summed E-state index contributed by atoms with van der Waals surface area (Å²) in [7, 11) is 0. The van der Waals surface area contributed by atoms with Crippen LogP contribution in [0.5, 0.6) is 0 Å². The van der Waals surface area contributed by atoms with Crippen LogP contribution in [0.1, 0.15) is 149 Å². The van der Waals surface area contributed by atoms with E-state index in [0.717, 1.165) is 83.5 Å². The third-order valence-electron chi connectivity index (χ3n) is 14.1. The average molecular weight is 1140 g/mol. The maximum atomic E-state index is 13.3. The van der Waals surface area contributed by atoms with Crippen LogP contribution in [0, 0.1) is 0 Å². The molecule has 0 aromatic rings. The van der Waals surface area contributed by atoms with E-state index in [9.17, 15) is 61.0 Å². The van der Waals surface area contributed by atoms with Crippen LogP contribution >= 0.6 is 0 Å². The van der Waals surface area contributed by atoms with E-state index >= 15 is 0 Å². The van der Waals surface area contributed by atoms with E-state index < -0.39 is 124 Å². The molecule has 12 N–H and O–H groups in total. The minimum absolute atomic E-state index is 0.199. The molecule has 1 amide bonds. The van der Waals surface area contributed by atoms with Crippen LogP contribution in [-0.2, 0) is 33.2 Å². The molecule has 17 atom stereocenters. The summed E-state index contributed by atoms with van der Waals surface area (Å²) in [6.45, 7) is 1.51. The Labute approximate surface area is 475 Å². The number of amides is 1. The molecule has 0 saturated carbocycles. The van der Waals surface area contributed by atoms with E-state index in [1.165, 1.54) is 32.1 Å². The van der Waals surface area contributed by atoms with E-state index in [-0.39, 0.29) is 18.9 Å². The molecule has 80 heavy (non-hydrogen) atoms. The largest absolute Gasteiger partial charge is 0.394 e. The number of nitrogens with one attached hydrogen (secondary N) is 1. The van der Waals surface area contributed by atoms with Crippen LogP contribution in [0.2, 0.25) is 0 Å². The van der Waals surface area contributed by atoms with Gasteiger partial charge in [0.25, 0.3) is 0 Å². The van der Waals surface area contributed by atoms with Gasteiger partial charge in [0.15, 0.2) is 18.9 Å². The van der Waals surface area contributed by atoms with Gasteiger partial charge in [-0.15, -0.1) is 0 Å². The molecule has 458 valence electrons. The van der Waals surface area contributed by atoms with Crippen molar-refractivity contribution in [3.63, 3.8) is 0 Å². The number of ether oxygens (including phenoxy) is 6. The maximum Gasteiger partial charge on any atom is 0.220 e. The second-order valence-corrected chi connectivity index (χ2v) is 20.7. The molecule has 3 aliphatic rings. The number of unbranched alkanes of at least 4 members (excludes halogenated alkanes) is 11. The highest BCUT2D eigenvalue weighted by Crippen LogP contribution is 2.33. The van der Waals surface area contributed by atoms with Gasteiger partial charge in [0.05, 0.1) is 38.6 Å². The number of rotatable bonds is 41. The number of carbonyl (C=O) groups excluding carboxylic acids is 1. The molecule has 3 saturated heterocycles. The predicted octanol–water partition coefficient (Wildman–Crippen LogP) is 4.98. The third-order valence-corrected chi connectivity index (χ3v) is 14.1. The van der Waals surface area contributed by atoms with Crippen LogP contribution in [0.4, 0.5) is 0 Å². The van der Waals surface area contributed by atoms with E-state index in [1.807, 2.05) is 6.08 Å². The van der Waals surface area contributed by atoms with Crippen molar-refractivity contribution in [2.24, 2.45) is 0 Å². The lowest BCUT2D eigenvalue weighted by atomic mass is 9.96. The first-order chi connectivity index (χ1) is 38.8. The first kappa shape index (κ1) is 71.0. The van der Waals surface area contributed by atoms with Crippen molar-refractivity contribution in [3.8, 4) is 0 Å². The molecule has 0 bridgehead atoms. The highest BCUT2D eigenvalue weighted by atomic mass is 16.8. The van der Waals surface area contributed by atoms with Gasteiger partial charge >= 0.3 is 0 Å². The first-order valence-corrected chi connectivity index (χ1v) is 29.5. The number of aliphatic hydroxyl groups excluding tert-OH is 11. The van der Waals surface area contributed by atoms with Gasteiger partial charge in [-0.25, -0.2) is 0 Å². The smallest absolute Gasteiger partial charge is 0.220 e. The zero-order valence-corrected chi connectivity index (χ0v) is 47.5. The summed E-state index contributed by atoms with van der Waals surface area (Å²) in [5, 5.41) is 120. The second kappa shape index (κ2) is 43.4. The molecule has 19 heteroatoms. The van der Waals surface area contributed by atoms with Gasteiger partial charge in [-0.3, -0.25) is 4.79 Å². The molecule has 19 nitrogen and oxygen atoms in total. The molecule has 3 fully saturated rings. The Kier molecular flexibility index (Phi) is 38.5. The summed E-state index contributed by atoms with van der Waals surface area (Å²) in [6.07, 6.45) is 26.8. The zero-order chi connectivity index (χ0) is 58.3. The molecule has 0 aliphatic carbocycles. The van der Waals surface area contributed by atoms with E-state index in [4.69, 9.17) is 28.4 Å². The molecule has 0 aromatic heterocycles. The Morgan fingerprint density at radius 1 is 0.463 bits per heavy atom. The summed E-state index contributed by atoms with van der Waals surface area (Å²) >= 11 is 0. The molecule has 0 spiro atoms. The summed E-state index contributed by atoms with van der Waals surface area (Å²) in [6, 6.07) is -1.01. The SMILES string of the molecule is CC/C=C\C/C=C\C/C=C\C/C=C\C/C=C\C/C=C\CCCCCCC(=O)NC(COC1OC(CO)C(OC2OC(CO)C(OC3OC(CO)C(O)C(O)C3O)C(O)C2O)C(O)C1O)C(O)/C=C/CC/C=C/CCCCCCCC. The van der Waals surface area contributed by atoms with Crippen molar-refractivity contribution in [3.05, 3.63) is 97.2 Å². The normalized spacial score (nSPS) is 30.7. The van der Waals surface area contributed by atoms with E-state index in [2.05, 4.69) is 104 Å². The van der Waals surface area contributed by atoms with E-state index in [1.54, 1.807) is 6.08 Å². The molecule has 3 aliphatic heterocycles. The molecular formula is C61H101NO18. The fourth-order valence-corrected chi connectivity index (χ4v) is 9.27.